The molecule has 0 amide bonds. The second kappa shape index (κ2) is 7.32. The highest BCUT2D eigenvalue weighted by Crippen LogP contribution is 2.18. The van der Waals surface area contributed by atoms with Crippen molar-refractivity contribution in [1.82, 2.24) is 0 Å². The third-order valence-electron chi connectivity index (χ3n) is 1.75. The molecular formula is C10H17NO3. The minimum Gasteiger partial charge on any atom is -0.508 e. The predicted octanol–water partition coefficient (Wildman–Crippen LogP) is -0.00580. The van der Waals surface area contributed by atoms with Crippen molar-refractivity contribution in [2.45, 2.75) is 13.0 Å². The number of nitrogens with two attached hydrogens (primary N) is 1. The van der Waals surface area contributed by atoms with Gasteiger partial charge in [-0.05, 0) is 30.7 Å². The average molecular weight is 199 g/mol. The Labute approximate surface area is 83.6 Å². The van der Waals surface area contributed by atoms with E-state index in [0.717, 1.165) is 19.1 Å². The Bertz CT molecular complexity index is 264. The van der Waals surface area contributed by atoms with Crippen molar-refractivity contribution < 1.29 is 15.3 Å². The Hall–Kier alpha value is -1.10. The normalized spacial score (nSPS) is 9.14. The van der Waals surface area contributed by atoms with Crippen LogP contribution in [0.5, 0.6) is 5.75 Å². The van der Waals surface area contributed by atoms with E-state index in [1.54, 1.807) is 18.2 Å². The van der Waals surface area contributed by atoms with Crippen molar-refractivity contribution in [2.75, 3.05) is 13.7 Å². The van der Waals surface area contributed by atoms with Crippen molar-refractivity contribution in [1.29, 1.82) is 0 Å². The van der Waals surface area contributed by atoms with Gasteiger partial charge in [-0.15, -0.1) is 0 Å². The zero-order valence-corrected chi connectivity index (χ0v) is 8.27. The molecule has 0 atom stereocenters. The van der Waals surface area contributed by atoms with Gasteiger partial charge in [-0.2, -0.15) is 0 Å². The molecule has 14 heavy (non-hydrogen) atoms. The van der Waals surface area contributed by atoms with E-state index in [0.29, 0.717) is 12.1 Å². The van der Waals surface area contributed by atoms with Crippen LogP contribution in [0, 0.1) is 0 Å². The monoisotopic (exact) mass is 199 g/mol. The van der Waals surface area contributed by atoms with Gasteiger partial charge in [0.05, 0.1) is 6.61 Å². The summed E-state index contributed by atoms with van der Waals surface area (Å²) in [5.74, 6) is 0.137. The molecule has 1 aromatic carbocycles. The highest BCUT2D eigenvalue weighted by Gasteiger charge is 2.00. The highest BCUT2D eigenvalue weighted by molar-refractivity contribution is 5.35. The fourth-order valence-corrected chi connectivity index (χ4v) is 1.09. The molecule has 80 valence electrons. The molecule has 0 saturated carbocycles. The average Bonchev–Trinajstić information content (AvgIpc) is 2.24. The molecular weight excluding hydrogens is 182 g/mol. The first kappa shape index (κ1) is 12.9. The van der Waals surface area contributed by atoms with Gasteiger partial charge < -0.3 is 21.1 Å². The van der Waals surface area contributed by atoms with Crippen molar-refractivity contribution in [2.24, 2.45) is 5.73 Å². The summed E-state index contributed by atoms with van der Waals surface area (Å²) in [6, 6.07) is 5.15. The van der Waals surface area contributed by atoms with Crippen LogP contribution >= 0.6 is 0 Å². The van der Waals surface area contributed by atoms with Gasteiger partial charge in [0.1, 0.15) is 5.75 Å². The van der Waals surface area contributed by atoms with Gasteiger partial charge in [-0.1, -0.05) is 6.07 Å². The van der Waals surface area contributed by atoms with Gasteiger partial charge in [0, 0.05) is 12.7 Å². The third kappa shape index (κ3) is 3.74. The Balaban J connectivity index is 0.000000791. The van der Waals surface area contributed by atoms with Crippen molar-refractivity contribution in [3.05, 3.63) is 29.3 Å². The molecule has 4 heteroatoms. The first-order chi connectivity index (χ1) is 6.77. The van der Waals surface area contributed by atoms with E-state index in [4.69, 9.17) is 15.9 Å². The maximum Gasteiger partial charge on any atom is 0.121 e. The third-order valence-corrected chi connectivity index (χ3v) is 1.75. The first-order valence-corrected chi connectivity index (χ1v) is 4.34. The number of hydrogen-bond acceptors (Lipinski definition) is 4. The van der Waals surface area contributed by atoms with Crippen LogP contribution in [0.2, 0.25) is 0 Å². The summed E-state index contributed by atoms with van der Waals surface area (Å²) in [4.78, 5) is 0. The van der Waals surface area contributed by atoms with E-state index in [-0.39, 0.29) is 12.4 Å². The Morgan fingerprint density at radius 2 is 1.93 bits per heavy atom. The number of aromatic hydroxyl groups is 1. The van der Waals surface area contributed by atoms with Crippen LogP contribution in [0.4, 0.5) is 0 Å². The maximum absolute atomic E-state index is 9.21. The predicted molar refractivity (Wildman–Crippen MR) is 54.9 cm³/mol. The van der Waals surface area contributed by atoms with Gasteiger partial charge in [0.25, 0.3) is 0 Å². The zero-order valence-electron chi connectivity index (χ0n) is 8.27. The van der Waals surface area contributed by atoms with Gasteiger partial charge in [-0.3, -0.25) is 0 Å². The van der Waals surface area contributed by atoms with E-state index in [9.17, 15) is 5.11 Å². The highest BCUT2D eigenvalue weighted by atomic mass is 16.3. The van der Waals surface area contributed by atoms with E-state index in [2.05, 4.69) is 0 Å². The summed E-state index contributed by atoms with van der Waals surface area (Å²) in [7, 11) is 1.00. The molecule has 0 fully saturated rings. The first-order valence-electron chi connectivity index (χ1n) is 4.34. The summed E-state index contributed by atoms with van der Waals surface area (Å²) < 4.78 is 0. The Kier molecular flexibility index (Phi) is 6.74. The molecule has 4 nitrogen and oxygen atoms in total. The van der Waals surface area contributed by atoms with Gasteiger partial charge in [-0.25, -0.2) is 0 Å². The summed E-state index contributed by atoms with van der Waals surface area (Å²) in [6.07, 6.45) is 0.771. The molecule has 1 rings (SSSR count). The lowest BCUT2D eigenvalue weighted by Crippen LogP contribution is -2.02. The van der Waals surface area contributed by atoms with Crippen LogP contribution < -0.4 is 5.73 Å². The quantitative estimate of drug-likeness (QED) is 0.551. The molecule has 5 N–H and O–H groups in total. The summed E-state index contributed by atoms with van der Waals surface area (Å²) in [5.41, 5.74) is 6.96. The van der Waals surface area contributed by atoms with Crippen LogP contribution in [0.1, 0.15) is 11.1 Å². The van der Waals surface area contributed by atoms with E-state index >= 15 is 0 Å². The van der Waals surface area contributed by atoms with Gasteiger partial charge >= 0.3 is 0 Å². The molecule has 0 unspecified atom stereocenters. The summed E-state index contributed by atoms with van der Waals surface area (Å²) >= 11 is 0. The standard InChI is InChI=1S/C9H13NO2.CH4O/c10-4-3-7-1-2-9(12)8(5-7)6-11;1-2/h1-2,5,11-12H,3-4,6,10H2;2H,1H3. The van der Waals surface area contributed by atoms with Crippen LogP contribution in [0.25, 0.3) is 0 Å². The fourth-order valence-electron chi connectivity index (χ4n) is 1.09. The van der Waals surface area contributed by atoms with Gasteiger partial charge in [0.2, 0.25) is 0 Å². The number of benzene rings is 1. The second-order valence-corrected chi connectivity index (χ2v) is 2.66. The van der Waals surface area contributed by atoms with Crippen molar-refractivity contribution in [3.8, 4) is 5.75 Å². The van der Waals surface area contributed by atoms with E-state index in [1.165, 1.54) is 0 Å². The smallest absolute Gasteiger partial charge is 0.121 e. The molecule has 0 heterocycles. The van der Waals surface area contributed by atoms with Crippen LogP contribution in [0.15, 0.2) is 18.2 Å². The van der Waals surface area contributed by atoms with E-state index in [1.807, 2.05) is 0 Å². The molecule has 0 saturated heterocycles. The van der Waals surface area contributed by atoms with E-state index < -0.39 is 0 Å². The number of aliphatic hydroxyl groups excluding tert-OH is 2. The molecule has 1 aromatic rings. The SMILES string of the molecule is CO.NCCc1ccc(O)c(CO)c1. The van der Waals surface area contributed by atoms with Crippen LogP contribution in [-0.2, 0) is 13.0 Å². The topological polar surface area (TPSA) is 86.7 Å². The van der Waals surface area contributed by atoms with Crippen LogP contribution in [0.3, 0.4) is 0 Å². The van der Waals surface area contributed by atoms with Crippen molar-refractivity contribution in [3.63, 3.8) is 0 Å². The summed E-state index contributed by atoms with van der Waals surface area (Å²) in [6.45, 7) is 0.444. The zero-order chi connectivity index (χ0) is 11.0. The molecule has 0 spiro atoms. The number of phenols is 1. The molecule has 0 aliphatic heterocycles. The Morgan fingerprint density at radius 3 is 2.43 bits per heavy atom. The lowest BCUT2D eigenvalue weighted by atomic mass is 10.1. The maximum atomic E-state index is 9.21. The minimum atomic E-state index is -0.135. The Morgan fingerprint density at radius 1 is 1.29 bits per heavy atom. The second-order valence-electron chi connectivity index (χ2n) is 2.66. The number of rotatable bonds is 3. The van der Waals surface area contributed by atoms with Gasteiger partial charge in [0.15, 0.2) is 0 Å². The molecule has 0 aliphatic carbocycles. The molecule has 0 radical (unpaired) electrons. The molecule has 0 aliphatic rings. The molecule has 0 aromatic heterocycles. The number of hydrogen-bond donors (Lipinski definition) is 4. The molecule has 0 bridgehead atoms. The lowest BCUT2D eigenvalue weighted by molar-refractivity contribution is 0.275. The largest absolute Gasteiger partial charge is 0.508 e. The minimum absolute atomic E-state index is 0.135. The number of aliphatic hydroxyl groups is 2. The fraction of sp³-hybridized carbons (Fsp3) is 0.400. The van der Waals surface area contributed by atoms with Crippen molar-refractivity contribution >= 4 is 0 Å². The lowest BCUT2D eigenvalue weighted by Gasteiger charge is -2.03. The summed E-state index contributed by atoms with van der Waals surface area (Å²) in [5, 5.41) is 25.0. The van der Waals surface area contributed by atoms with Crippen LogP contribution in [-0.4, -0.2) is 29.0 Å².